The standard InChI is InChI=1S/C13H21F3O6/c1-5-12(4,22-10(17)13(14,15)16)6-8(2)20-7-9(3)21-11(18)19/h8-9H,5-7H2,1-4H3,(H,18,19). The first-order valence-electron chi connectivity index (χ1n) is 6.71. The molecule has 0 aliphatic carbocycles. The summed E-state index contributed by atoms with van der Waals surface area (Å²) >= 11 is 0. The Bertz CT molecular complexity index is 384. The van der Waals surface area contributed by atoms with Gasteiger partial charge < -0.3 is 19.3 Å². The second-order valence-corrected chi connectivity index (χ2v) is 5.23. The average molecular weight is 330 g/mol. The van der Waals surface area contributed by atoms with E-state index in [0.717, 1.165) is 0 Å². The third kappa shape index (κ3) is 8.06. The lowest BCUT2D eigenvalue weighted by Crippen LogP contribution is -2.40. The topological polar surface area (TPSA) is 82.1 Å². The number of hydrogen-bond donors (Lipinski definition) is 1. The number of halogens is 3. The monoisotopic (exact) mass is 330 g/mol. The van der Waals surface area contributed by atoms with Crippen LogP contribution in [-0.4, -0.2) is 47.8 Å². The van der Waals surface area contributed by atoms with Crippen LogP contribution in [0.15, 0.2) is 0 Å². The van der Waals surface area contributed by atoms with Crippen molar-refractivity contribution in [3.63, 3.8) is 0 Å². The normalized spacial score (nSPS) is 17.2. The van der Waals surface area contributed by atoms with Gasteiger partial charge in [-0.2, -0.15) is 13.2 Å². The van der Waals surface area contributed by atoms with Crippen LogP contribution in [0.5, 0.6) is 0 Å². The largest absolute Gasteiger partial charge is 0.506 e. The Labute approximate surface area is 126 Å². The highest BCUT2D eigenvalue weighted by Gasteiger charge is 2.45. The van der Waals surface area contributed by atoms with Crippen molar-refractivity contribution < 1.29 is 42.1 Å². The molecule has 22 heavy (non-hydrogen) atoms. The molecule has 0 fully saturated rings. The van der Waals surface area contributed by atoms with E-state index >= 15 is 0 Å². The molecule has 0 aliphatic rings. The number of esters is 1. The van der Waals surface area contributed by atoms with Crippen LogP contribution in [0.2, 0.25) is 0 Å². The molecule has 0 rings (SSSR count). The van der Waals surface area contributed by atoms with Gasteiger partial charge in [-0.15, -0.1) is 0 Å². The molecule has 3 atom stereocenters. The van der Waals surface area contributed by atoms with E-state index in [-0.39, 0.29) is 19.4 Å². The number of alkyl halides is 3. The van der Waals surface area contributed by atoms with E-state index in [0.29, 0.717) is 0 Å². The van der Waals surface area contributed by atoms with Crippen molar-refractivity contribution in [1.29, 1.82) is 0 Å². The maximum Gasteiger partial charge on any atom is 0.506 e. The molecule has 0 aromatic carbocycles. The zero-order valence-corrected chi connectivity index (χ0v) is 12.9. The zero-order chi connectivity index (χ0) is 17.6. The molecule has 0 heterocycles. The highest BCUT2D eigenvalue weighted by Crippen LogP contribution is 2.27. The second kappa shape index (κ2) is 8.21. The van der Waals surface area contributed by atoms with E-state index in [1.54, 1.807) is 13.8 Å². The minimum Gasteiger partial charge on any atom is -0.453 e. The Morgan fingerprint density at radius 2 is 1.73 bits per heavy atom. The summed E-state index contributed by atoms with van der Waals surface area (Å²) in [6.45, 7) is 5.98. The van der Waals surface area contributed by atoms with E-state index in [2.05, 4.69) is 9.47 Å². The predicted octanol–water partition coefficient (Wildman–Crippen LogP) is 3.14. The first-order valence-corrected chi connectivity index (χ1v) is 6.71. The smallest absolute Gasteiger partial charge is 0.453 e. The third-order valence-corrected chi connectivity index (χ3v) is 2.96. The van der Waals surface area contributed by atoms with E-state index in [1.165, 1.54) is 13.8 Å². The molecule has 130 valence electrons. The summed E-state index contributed by atoms with van der Waals surface area (Å²) in [6.07, 6.45) is -7.56. The second-order valence-electron chi connectivity index (χ2n) is 5.23. The number of rotatable bonds is 8. The SMILES string of the molecule is CCC(C)(CC(C)OCC(C)OC(=O)O)OC(=O)C(F)(F)F. The summed E-state index contributed by atoms with van der Waals surface area (Å²) < 4.78 is 51.0. The molecule has 9 heteroatoms. The molecule has 0 amide bonds. The van der Waals surface area contributed by atoms with Crippen molar-refractivity contribution >= 4 is 12.1 Å². The number of ether oxygens (including phenoxy) is 3. The van der Waals surface area contributed by atoms with E-state index in [1.807, 2.05) is 0 Å². The molecule has 0 saturated heterocycles. The van der Waals surface area contributed by atoms with Gasteiger partial charge in [0.2, 0.25) is 0 Å². The maximum absolute atomic E-state index is 12.3. The molecule has 0 saturated carbocycles. The van der Waals surface area contributed by atoms with Crippen molar-refractivity contribution in [2.45, 2.75) is 64.5 Å². The average Bonchev–Trinajstić information content (AvgIpc) is 2.34. The molecule has 0 aromatic heterocycles. The van der Waals surface area contributed by atoms with Crippen LogP contribution in [0.4, 0.5) is 18.0 Å². The van der Waals surface area contributed by atoms with Gasteiger partial charge in [0.05, 0.1) is 12.7 Å². The minimum absolute atomic E-state index is 0.0328. The quantitative estimate of drug-likeness (QED) is 0.689. The fraction of sp³-hybridized carbons (Fsp3) is 0.846. The Hall–Kier alpha value is -1.51. The van der Waals surface area contributed by atoms with Crippen molar-refractivity contribution in [1.82, 2.24) is 0 Å². The number of hydrogen-bond acceptors (Lipinski definition) is 5. The third-order valence-electron chi connectivity index (χ3n) is 2.96. The minimum atomic E-state index is -5.05. The molecule has 0 bridgehead atoms. The summed E-state index contributed by atoms with van der Waals surface area (Å²) in [4.78, 5) is 21.2. The van der Waals surface area contributed by atoms with E-state index in [9.17, 15) is 22.8 Å². The van der Waals surface area contributed by atoms with Gasteiger partial charge in [0.15, 0.2) is 0 Å². The van der Waals surface area contributed by atoms with E-state index < -0.39 is 36.1 Å². The molecule has 6 nitrogen and oxygen atoms in total. The molecular formula is C13H21F3O6. The van der Waals surface area contributed by atoms with Crippen LogP contribution in [0.25, 0.3) is 0 Å². The highest BCUT2D eigenvalue weighted by molar-refractivity contribution is 5.76. The Balaban J connectivity index is 4.46. The van der Waals surface area contributed by atoms with Crippen LogP contribution >= 0.6 is 0 Å². The van der Waals surface area contributed by atoms with Crippen LogP contribution in [0.3, 0.4) is 0 Å². The van der Waals surface area contributed by atoms with Crippen molar-refractivity contribution in [2.24, 2.45) is 0 Å². The molecule has 0 spiro atoms. The fourth-order valence-electron chi connectivity index (χ4n) is 1.71. The lowest BCUT2D eigenvalue weighted by atomic mass is 9.95. The lowest BCUT2D eigenvalue weighted by Gasteiger charge is -2.31. The molecule has 3 unspecified atom stereocenters. The highest BCUT2D eigenvalue weighted by atomic mass is 19.4. The van der Waals surface area contributed by atoms with Gasteiger partial charge in [0.25, 0.3) is 0 Å². The zero-order valence-electron chi connectivity index (χ0n) is 12.9. The molecular weight excluding hydrogens is 309 g/mol. The molecule has 0 aromatic rings. The summed E-state index contributed by atoms with van der Waals surface area (Å²) in [5.41, 5.74) is -1.33. The Morgan fingerprint density at radius 1 is 1.18 bits per heavy atom. The van der Waals surface area contributed by atoms with Crippen LogP contribution in [0.1, 0.15) is 40.5 Å². The van der Waals surface area contributed by atoms with Gasteiger partial charge in [0.1, 0.15) is 11.7 Å². The number of carboxylic acid groups (broad SMARTS) is 1. The van der Waals surface area contributed by atoms with Gasteiger partial charge in [-0.05, 0) is 27.2 Å². The Morgan fingerprint density at radius 3 is 2.14 bits per heavy atom. The predicted molar refractivity (Wildman–Crippen MR) is 69.4 cm³/mol. The van der Waals surface area contributed by atoms with Crippen molar-refractivity contribution in [3.05, 3.63) is 0 Å². The lowest BCUT2D eigenvalue weighted by molar-refractivity contribution is -0.215. The fourth-order valence-corrected chi connectivity index (χ4v) is 1.71. The maximum atomic E-state index is 12.3. The number of carbonyl (C=O) groups excluding carboxylic acids is 1. The van der Waals surface area contributed by atoms with Crippen LogP contribution in [0, 0.1) is 0 Å². The van der Waals surface area contributed by atoms with Gasteiger partial charge in [0, 0.05) is 6.42 Å². The van der Waals surface area contributed by atoms with Crippen molar-refractivity contribution in [2.75, 3.05) is 6.61 Å². The van der Waals surface area contributed by atoms with Gasteiger partial charge >= 0.3 is 18.3 Å². The van der Waals surface area contributed by atoms with E-state index in [4.69, 9.17) is 9.84 Å². The van der Waals surface area contributed by atoms with Crippen molar-refractivity contribution in [3.8, 4) is 0 Å². The summed E-state index contributed by atoms with van der Waals surface area (Å²) in [7, 11) is 0. The molecule has 0 radical (unpaired) electrons. The first kappa shape index (κ1) is 20.5. The van der Waals surface area contributed by atoms with Gasteiger partial charge in [-0.1, -0.05) is 6.92 Å². The van der Waals surface area contributed by atoms with Crippen LogP contribution < -0.4 is 0 Å². The molecule has 1 N–H and O–H groups in total. The van der Waals surface area contributed by atoms with Gasteiger partial charge in [-0.25, -0.2) is 9.59 Å². The van der Waals surface area contributed by atoms with Crippen LogP contribution in [-0.2, 0) is 19.0 Å². The summed E-state index contributed by atoms with van der Waals surface area (Å²) in [6, 6.07) is 0. The molecule has 0 aliphatic heterocycles. The summed E-state index contributed by atoms with van der Waals surface area (Å²) in [5.74, 6) is -2.24. The van der Waals surface area contributed by atoms with Gasteiger partial charge in [-0.3, -0.25) is 0 Å². The summed E-state index contributed by atoms with van der Waals surface area (Å²) in [5, 5.41) is 8.41. The number of carbonyl (C=O) groups is 2. The first-order chi connectivity index (χ1) is 9.89. The Kier molecular flexibility index (Phi) is 7.65.